The Morgan fingerprint density at radius 2 is 1.46 bits per heavy atom. The van der Waals surface area contributed by atoms with E-state index in [9.17, 15) is 0 Å². The number of ether oxygens (including phenoxy) is 6. The SMILES string of the molecule is CCCC(CCOCc1ccccc1)Oc1nc(N(Cc2ccc(OC)cc2OC)Cc2ccc(OC)cc2OC)c2ncc(Br)n2n1. The number of imidazole rings is 1. The van der Waals surface area contributed by atoms with Gasteiger partial charge in [-0.2, -0.15) is 9.50 Å². The third-order valence-electron chi connectivity index (χ3n) is 7.87. The molecule has 2 aromatic heterocycles. The zero-order valence-electron chi connectivity index (χ0n) is 28.0. The van der Waals surface area contributed by atoms with Crippen molar-refractivity contribution in [1.82, 2.24) is 19.6 Å². The molecule has 0 fully saturated rings. The Morgan fingerprint density at radius 1 is 0.812 bits per heavy atom. The lowest BCUT2D eigenvalue weighted by atomic mass is 10.1. The fraction of sp³-hybridized carbons (Fsp3) is 0.361. The molecule has 0 spiro atoms. The fourth-order valence-corrected chi connectivity index (χ4v) is 5.73. The Kier molecular flexibility index (Phi) is 12.3. The van der Waals surface area contributed by atoms with Gasteiger partial charge in [0.05, 0.1) is 47.8 Å². The van der Waals surface area contributed by atoms with Crippen LogP contribution in [-0.4, -0.2) is 60.7 Å². The van der Waals surface area contributed by atoms with Crippen molar-refractivity contribution in [3.05, 3.63) is 94.2 Å². The Bertz CT molecular complexity index is 1710. The van der Waals surface area contributed by atoms with Crippen LogP contribution in [0.5, 0.6) is 29.0 Å². The van der Waals surface area contributed by atoms with Crippen LogP contribution < -0.4 is 28.6 Å². The summed E-state index contributed by atoms with van der Waals surface area (Å²) in [4.78, 5) is 11.8. The first-order valence-electron chi connectivity index (χ1n) is 15.8. The van der Waals surface area contributed by atoms with Crippen molar-refractivity contribution in [2.75, 3.05) is 39.9 Å². The summed E-state index contributed by atoms with van der Waals surface area (Å²) in [6, 6.07) is 21.9. The summed E-state index contributed by atoms with van der Waals surface area (Å²) in [5.41, 5.74) is 3.55. The maximum atomic E-state index is 6.50. The molecular weight excluding hydrogens is 678 g/mol. The number of fused-ring (bicyclic) bond motifs is 1. The van der Waals surface area contributed by atoms with Gasteiger partial charge < -0.3 is 33.3 Å². The zero-order chi connectivity index (χ0) is 33.9. The van der Waals surface area contributed by atoms with Gasteiger partial charge in [0.25, 0.3) is 0 Å². The first-order valence-corrected chi connectivity index (χ1v) is 16.6. The molecule has 11 nitrogen and oxygen atoms in total. The zero-order valence-corrected chi connectivity index (χ0v) is 29.6. The minimum Gasteiger partial charge on any atom is -0.497 e. The molecule has 5 rings (SSSR count). The maximum Gasteiger partial charge on any atom is 0.336 e. The summed E-state index contributed by atoms with van der Waals surface area (Å²) in [6.07, 6.45) is 4.02. The Balaban J connectivity index is 1.49. The van der Waals surface area contributed by atoms with Gasteiger partial charge in [0.15, 0.2) is 11.5 Å². The Morgan fingerprint density at radius 3 is 2.04 bits per heavy atom. The van der Waals surface area contributed by atoms with Crippen LogP contribution in [-0.2, 0) is 24.4 Å². The molecule has 3 aromatic carbocycles. The molecule has 0 bridgehead atoms. The van der Waals surface area contributed by atoms with E-state index in [2.05, 4.69) is 44.9 Å². The summed E-state index contributed by atoms with van der Waals surface area (Å²) < 4.78 is 37.3. The number of aromatic nitrogens is 4. The average molecular weight is 721 g/mol. The topological polar surface area (TPSA) is 102 Å². The molecule has 0 amide bonds. The molecule has 0 aliphatic heterocycles. The minimum atomic E-state index is -0.143. The largest absolute Gasteiger partial charge is 0.497 e. The van der Waals surface area contributed by atoms with Gasteiger partial charge >= 0.3 is 6.01 Å². The van der Waals surface area contributed by atoms with E-state index < -0.39 is 0 Å². The van der Waals surface area contributed by atoms with E-state index in [1.807, 2.05) is 54.6 Å². The number of rotatable bonds is 18. The predicted octanol–water partition coefficient (Wildman–Crippen LogP) is 7.28. The van der Waals surface area contributed by atoms with Crippen LogP contribution >= 0.6 is 15.9 Å². The minimum absolute atomic E-state index is 0.143. The van der Waals surface area contributed by atoms with Crippen molar-refractivity contribution in [2.24, 2.45) is 0 Å². The molecule has 12 heteroatoms. The molecule has 2 heterocycles. The van der Waals surface area contributed by atoms with E-state index in [0.717, 1.165) is 29.5 Å². The van der Waals surface area contributed by atoms with Gasteiger partial charge in [-0.3, -0.25) is 0 Å². The van der Waals surface area contributed by atoms with Crippen LogP contribution in [0.1, 0.15) is 42.9 Å². The van der Waals surface area contributed by atoms with Crippen LogP contribution in [0.4, 0.5) is 5.82 Å². The van der Waals surface area contributed by atoms with Crippen LogP contribution in [0.3, 0.4) is 0 Å². The van der Waals surface area contributed by atoms with Crippen molar-refractivity contribution in [3.63, 3.8) is 0 Å². The molecule has 1 atom stereocenters. The molecule has 0 saturated carbocycles. The van der Waals surface area contributed by atoms with Gasteiger partial charge in [0.2, 0.25) is 0 Å². The van der Waals surface area contributed by atoms with E-state index in [4.69, 9.17) is 38.5 Å². The van der Waals surface area contributed by atoms with Crippen LogP contribution in [0.25, 0.3) is 5.65 Å². The summed E-state index contributed by atoms with van der Waals surface area (Å²) in [5, 5.41) is 4.73. The summed E-state index contributed by atoms with van der Waals surface area (Å²) >= 11 is 3.61. The maximum absolute atomic E-state index is 6.50. The van der Waals surface area contributed by atoms with E-state index in [-0.39, 0.29) is 12.1 Å². The smallest absolute Gasteiger partial charge is 0.336 e. The van der Waals surface area contributed by atoms with Gasteiger partial charge in [-0.25, -0.2) is 4.98 Å². The number of nitrogens with zero attached hydrogens (tertiary/aromatic N) is 5. The van der Waals surface area contributed by atoms with Crippen molar-refractivity contribution in [1.29, 1.82) is 0 Å². The lowest BCUT2D eigenvalue weighted by molar-refractivity contribution is 0.0750. The average Bonchev–Trinajstić information content (AvgIpc) is 3.50. The number of hydrogen-bond donors (Lipinski definition) is 0. The van der Waals surface area contributed by atoms with Gasteiger partial charge in [-0.05, 0) is 52.2 Å². The summed E-state index contributed by atoms with van der Waals surface area (Å²) in [6.45, 7) is 4.07. The van der Waals surface area contributed by atoms with Crippen molar-refractivity contribution in [3.8, 4) is 29.0 Å². The van der Waals surface area contributed by atoms with E-state index in [1.54, 1.807) is 39.2 Å². The third kappa shape index (κ3) is 8.67. The molecular formula is C36H42BrN5O6. The third-order valence-corrected chi connectivity index (χ3v) is 8.41. The molecule has 0 radical (unpaired) electrons. The molecule has 48 heavy (non-hydrogen) atoms. The predicted molar refractivity (Wildman–Crippen MR) is 187 cm³/mol. The normalized spacial score (nSPS) is 11.7. The van der Waals surface area contributed by atoms with Crippen molar-refractivity contribution in [2.45, 2.75) is 52.0 Å². The standard InChI is InChI=1S/C36H42BrN5O6/c1-6-10-28(17-18-47-24-25-11-8-7-9-12-25)48-36-39-35(34-38-21-33(37)42(34)40-36)41(22-26-13-15-29(43-2)19-31(26)45-4)23-27-14-16-30(44-3)20-32(27)46-5/h7-9,11-16,19-21,28H,6,10,17-18,22-24H2,1-5H3. The number of halogens is 1. The summed E-state index contributed by atoms with van der Waals surface area (Å²) in [7, 11) is 6.56. The second kappa shape index (κ2) is 17.0. The van der Waals surface area contributed by atoms with E-state index >= 15 is 0 Å². The highest BCUT2D eigenvalue weighted by Gasteiger charge is 2.23. The Labute approximate surface area is 289 Å². The highest BCUT2D eigenvalue weighted by molar-refractivity contribution is 9.10. The van der Waals surface area contributed by atoms with E-state index in [1.165, 1.54) is 0 Å². The van der Waals surface area contributed by atoms with Gasteiger partial charge in [-0.1, -0.05) is 43.7 Å². The summed E-state index contributed by atoms with van der Waals surface area (Å²) in [5.74, 6) is 3.35. The molecule has 0 saturated heterocycles. The second-order valence-corrected chi connectivity index (χ2v) is 11.9. The number of benzene rings is 3. The van der Waals surface area contributed by atoms with Crippen LogP contribution in [0.15, 0.2) is 77.5 Å². The van der Waals surface area contributed by atoms with Crippen molar-refractivity contribution >= 4 is 27.4 Å². The van der Waals surface area contributed by atoms with E-state index in [0.29, 0.717) is 71.8 Å². The quantitative estimate of drug-likeness (QED) is 0.0859. The molecule has 254 valence electrons. The van der Waals surface area contributed by atoms with Gasteiger partial charge in [0, 0.05) is 42.8 Å². The van der Waals surface area contributed by atoms with Crippen molar-refractivity contribution < 1.29 is 28.4 Å². The van der Waals surface area contributed by atoms with Gasteiger partial charge in [-0.15, -0.1) is 5.10 Å². The Hall–Kier alpha value is -4.55. The molecule has 5 aromatic rings. The second-order valence-electron chi connectivity index (χ2n) is 11.1. The van der Waals surface area contributed by atoms with Crippen LogP contribution in [0, 0.1) is 0 Å². The first kappa shape index (κ1) is 34.8. The molecule has 0 aliphatic carbocycles. The number of anilines is 1. The fourth-order valence-electron chi connectivity index (χ4n) is 5.38. The van der Waals surface area contributed by atoms with Crippen LogP contribution in [0.2, 0.25) is 0 Å². The first-order chi connectivity index (χ1) is 23.5. The lowest BCUT2D eigenvalue weighted by Gasteiger charge is -2.27. The number of hydrogen-bond acceptors (Lipinski definition) is 10. The monoisotopic (exact) mass is 719 g/mol. The molecule has 0 aliphatic rings. The highest BCUT2D eigenvalue weighted by atomic mass is 79.9. The highest BCUT2D eigenvalue weighted by Crippen LogP contribution is 2.33. The number of methoxy groups -OCH3 is 4. The molecule has 0 N–H and O–H groups in total. The lowest BCUT2D eigenvalue weighted by Crippen LogP contribution is -2.26. The molecule has 1 unspecified atom stereocenters. The van der Waals surface area contributed by atoms with Gasteiger partial charge in [0.1, 0.15) is 33.7 Å².